The minimum atomic E-state index is -0.316. The van der Waals surface area contributed by atoms with Crippen LogP contribution in [0.1, 0.15) is 72.1 Å². The van der Waals surface area contributed by atoms with Crippen molar-refractivity contribution in [2.45, 2.75) is 65.5 Å². The first-order valence-corrected chi connectivity index (χ1v) is 8.89. The van der Waals surface area contributed by atoms with E-state index in [1.807, 2.05) is 38.3 Å². The molecule has 2 aromatic rings. The normalized spacial score (nSPS) is 17.2. The number of carbonyl (C=O) groups excluding carboxylic acids is 2. The molecule has 5 heteroatoms. The Hall–Kier alpha value is -2.30. The molecule has 1 unspecified atom stereocenters. The average Bonchev–Trinajstić information content (AvgIpc) is 3.03. The molecule has 5 nitrogen and oxygen atoms in total. The van der Waals surface area contributed by atoms with E-state index >= 15 is 0 Å². The monoisotopic (exact) mass is 343 g/mol. The molecule has 134 valence electrons. The zero-order chi connectivity index (χ0) is 18.1. The van der Waals surface area contributed by atoms with Crippen LogP contribution in [0.15, 0.2) is 22.8 Å². The Morgan fingerprint density at radius 3 is 2.64 bits per heavy atom. The van der Waals surface area contributed by atoms with Crippen LogP contribution in [-0.2, 0) is 16.1 Å². The van der Waals surface area contributed by atoms with Crippen LogP contribution in [0.3, 0.4) is 0 Å². The maximum absolute atomic E-state index is 12.9. The largest absolute Gasteiger partial charge is 0.462 e. The maximum atomic E-state index is 12.9. The minimum absolute atomic E-state index is 0.130. The van der Waals surface area contributed by atoms with Crippen molar-refractivity contribution in [2.24, 2.45) is 0 Å². The van der Waals surface area contributed by atoms with Gasteiger partial charge in [0.1, 0.15) is 0 Å². The lowest BCUT2D eigenvalue weighted by Crippen LogP contribution is -2.21. The van der Waals surface area contributed by atoms with Crippen LogP contribution in [0.25, 0.3) is 0 Å². The molecule has 3 heterocycles. The highest BCUT2D eigenvalue weighted by Crippen LogP contribution is 2.33. The second-order valence-electron chi connectivity index (χ2n) is 7.10. The number of aryl methyl sites for hydroxylation is 2. The summed E-state index contributed by atoms with van der Waals surface area (Å²) in [5.74, 6) is -0.311. The summed E-state index contributed by atoms with van der Waals surface area (Å²) in [4.78, 5) is 25.5. The number of aromatic nitrogens is 1. The second kappa shape index (κ2) is 6.90. The highest BCUT2D eigenvalue weighted by Gasteiger charge is 2.32. The van der Waals surface area contributed by atoms with Crippen LogP contribution >= 0.6 is 0 Å². The lowest BCUT2D eigenvalue weighted by atomic mass is 9.99. The number of fused-ring (bicyclic) bond motifs is 1. The number of ketones is 1. The summed E-state index contributed by atoms with van der Waals surface area (Å²) >= 11 is 0. The van der Waals surface area contributed by atoms with Crippen molar-refractivity contribution < 1.29 is 18.7 Å². The standard InChI is InChI=1S/C20H25NO4/c1-12(2)25-20(23)15-7-5-6-8-21-16(15)10-14(4)18(21)19(22)17-9-13(3)11-24-17/h9-12,15H,5-8H2,1-4H3. The fourth-order valence-corrected chi connectivity index (χ4v) is 3.53. The summed E-state index contributed by atoms with van der Waals surface area (Å²) < 4.78 is 12.8. The van der Waals surface area contributed by atoms with Gasteiger partial charge in [0.25, 0.3) is 0 Å². The third kappa shape index (κ3) is 3.41. The lowest BCUT2D eigenvalue weighted by Gasteiger charge is -2.17. The van der Waals surface area contributed by atoms with Gasteiger partial charge in [-0.2, -0.15) is 0 Å². The van der Waals surface area contributed by atoms with E-state index in [0.29, 0.717) is 11.5 Å². The molecule has 1 atom stereocenters. The van der Waals surface area contributed by atoms with E-state index in [1.54, 1.807) is 12.3 Å². The van der Waals surface area contributed by atoms with Gasteiger partial charge < -0.3 is 13.7 Å². The molecule has 0 bridgehead atoms. The number of nitrogens with zero attached hydrogens (tertiary/aromatic N) is 1. The van der Waals surface area contributed by atoms with Crippen LogP contribution in [0.5, 0.6) is 0 Å². The first kappa shape index (κ1) is 17.5. The molecule has 2 aromatic heterocycles. The van der Waals surface area contributed by atoms with Crippen LogP contribution in [0.2, 0.25) is 0 Å². The van der Waals surface area contributed by atoms with Crippen molar-refractivity contribution in [3.8, 4) is 0 Å². The number of furan rings is 1. The summed E-state index contributed by atoms with van der Waals surface area (Å²) in [5.41, 5.74) is 3.29. The van der Waals surface area contributed by atoms with E-state index in [0.717, 1.165) is 42.6 Å². The van der Waals surface area contributed by atoms with Gasteiger partial charge in [0.05, 0.1) is 24.0 Å². The molecule has 0 aliphatic carbocycles. The minimum Gasteiger partial charge on any atom is -0.462 e. The molecule has 0 fully saturated rings. The van der Waals surface area contributed by atoms with E-state index in [2.05, 4.69) is 0 Å². The molecule has 0 radical (unpaired) electrons. The summed E-state index contributed by atoms with van der Waals surface area (Å²) in [6.45, 7) is 8.24. The van der Waals surface area contributed by atoms with Gasteiger partial charge in [-0.05, 0) is 63.8 Å². The second-order valence-corrected chi connectivity index (χ2v) is 7.10. The van der Waals surface area contributed by atoms with Crippen LogP contribution in [0, 0.1) is 13.8 Å². The Balaban J connectivity index is 2.02. The van der Waals surface area contributed by atoms with Gasteiger partial charge in [0.2, 0.25) is 5.78 Å². The zero-order valence-corrected chi connectivity index (χ0v) is 15.3. The fourth-order valence-electron chi connectivity index (χ4n) is 3.53. The molecule has 25 heavy (non-hydrogen) atoms. The van der Waals surface area contributed by atoms with E-state index in [-0.39, 0.29) is 23.8 Å². The topological polar surface area (TPSA) is 61.4 Å². The highest BCUT2D eigenvalue weighted by atomic mass is 16.5. The van der Waals surface area contributed by atoms with Gasteiger partial charge in [-0.3, -0.25) is 9.59 Å². The SMILES string of the molecule is Cc1coc(C(=O)c2c(C)cc3n2CCCCC3C(=O)OC(C)C)c1. The van der Waals surface area contributed by atoms with Crippen LogP contribution in [-0.4, -0.2) is 22.4 Å². The molecule has 0 spiro atoms. The van der Waals surface area contributed by atoms with Crippen molar-refractivity contribution in [3.05, 3.63) is 46.7 Å². The number of esters is 1. The summed E-state index contributed by atoms with van der Waals surface area (Å²) in [7, 11) is 0. The first-order valence-electron chi connectivity index (χ1n) is 8.89. The van der Waals surface area contributed by atoms with Crippen molar-refractivity contribution in [1.82, 2.24) is 4.57 Å². The van der Waals surface area contributed by atoms with Gasteiger partial charge >= 0.3 is 5.97 Å². The van der Waals surface area contributed by atoms with Crippen LogP contribution in [0.4, 0.5) is 0 Å². The summed E-state index contributed by atoms with van der Waals surface area (Å²) in [5, 5.41) is 0. The Labute approximate surface area is 148 Å². The Morgan fingerprint density at radius 2 is 2.00 bits per heavy atom. The van der Waals surface area contributed by atoms with Gasteiger partial charge in [0, 0.05) is 12.2 Å². The molecule has 1 aliphatic heterocycles. The fraction of sp³-hybridized carbons (Fsp3) is 0.500. The quantitative estimate of drug-likeness (QED) is 0.618. The molecular weight excluding hydrogens is 318 g/mol. The molecule has 0 N–H and O–H groups in total. The number of carbonyl (C=O) groups is 2. The number of hydrogen-bond donors (Lipinski definition) is 0. The first-order chi connectivity index (χ1) is 11.9. The summed E-state index contributed by atoms with van der Waals surface area (Å²) in [6, 6.07) is 3.71. The molecule has 0 amide bonds. The van der Waals surface area contributed by atoms with E-state index in [9.17, 15) is 9.59 Å². The maximum Gasteiger partial charge on any atom is 0.315 e. The Bertz CT molecular complexity index is 797. The van der Waals surface area contributed by atoms with E-state index in [1.165, 1.54) is 0 Å². The molecule has 0 saturated carbocycles. The number of ether oxygens (including phenoxy) is 1. The summed E-state index contributed by atoms with van der Waals surface area (Å²) in [6.07, 6.45) is 4.06. The van der Waals surface area contributed by atoms with Gasteiger partial charge in [0.15, 0.2) is 5.76 Å². The van der Waals surface area contributed by atoms with Crippen molar-refractivity contribution in [3.63, 3.8) is 0 Å². The van der Waals surface area contributed by atoms with E-state index in [4.69, 9.17) is 9.15 Å². The number of hydrogen-bond acceptors (Lipinski definition) is 4. The molecule has 0 aromatic carbocycles. The van der Waals surface area contributed by atoms with Crippen molar-refractivity contribution >= 4 is 11.8 Å². The van der Waals surface area contributed by atoms with Crippen molar-refractivity contribution in [1.29, 1.82) is 0 Å². The third-order valence-electron chi connectivity index (χ3n) is 4.61. The van der Waals surface area contributed by atoms with E-state index < -0.39 is 0 Å². The van der Waals surface area contributed by atoms with Crippen LogP contribution < -0.4 is 0 Å². The van der Waals surface area contributed by atoms with Gasteiger partial charge in [-0.1, -0.05) is 6.42 Å². The highest BCUT2D eigenvalue weighted by molar-refractivity contribution is 6.07. The predicted octanol–water partition coefficient (Wildman–Crippen LogP) is 4.15. The molecule has 0 saturated heterocycles. The Kier molecular flexibility index (Phi) is 4.84. The molecular formula is C20H25NO4. The smallest absolute Gasteiger partial charge is 0.315 e. The zero-order valence-electron chi connectivity index (χ0n) is 15.3. The van der Waals surface area contributed by atoms with Crippen molar-refractivity contribution in [2.75, 3.05) is 0 Å². The van der Waals surface area contributed by atoms with Gasteiger partial charge in [-0.15, -0.1) is 0 Å². The van der Waals surface area contributed by atoms with Gasteiger partial charge in [-0.25, -0.2) is 0 Å². The number of rotatable bonds is 4. The average molecular weight is 343 g/mol. The molecule has 3 rings (SSSR count). The third-order valence-corrected chi connectivity index (χ3v) is 4.61. The predicted molar refractivity (Wildman–Crippen MR) is 93.9 cm³/mol. The molecule has 1 aliphatic rings. The Morgan fingerprint density at radius 1 is 1.24 bits per heavy atom. The lowest BCUT2D eigenvalue weighted by molar-refractivity contribution is -0.149.